The first-order chi connectivity index (χ1) is 10.3. The molecule has 116 valence electrons. The third kappa shape index (κ3) is 4.26. The number of hydrogen-bond acceptors (Lipinski definition) is 2. The Labute approximate surface area is 133 Å². The molecule has 0 aromatic heterocycles. The van der Waals surface area contributed by atoms with Crippen LogP contribution in [0.2, 0.25) is 0 Å². The van der Waals surface area contributed by atoms with Gasteiger partial charge in [-0.15, -0.1) is 0 Å². The van der Waals surface area contributed by atoms with E-state index < -0.39 is 0 Å². The highest BCUT2D eigenvalue weighted by Gasteiger charge is 2.00. The van der Waals surface area contributed by atoms with Crippen molar-refractivity contribution in [2.45, 2.75) is 27.7 Å². The highest BCUT2D eigenvalue weighted by atomic mass is 16.3. The van der Waals surface area contributed by atoms with Crippen LogP contribution in [0.1, 0.15) is 33.4 Å². The third-order valence-corrected chi connectivity index (χ3v) is 3.50. The summed E-state index contributed by atoms with van der Waals surface area (Å²) in [7, 11) is 0. The molecule has 2 nitrogen and oxygen atoms in total. The Morgan fingerprint density at radius 2 is 0.864 bits per heavy atom. The fraction of sp³-hybridized carbons (Fsp3) is 0.200. The van der Waals surface area contributed by atoms with E-state index in [-0.39, 0.29) is 0 Å². The minimum Gasteiger partial charge on any atom is -0.507 e. The molecule has 0 aliphatic heterocycles. The summed E-state index contributed by atoms with van der Waals surface area (Å²) in [5.74, 6) is 0.770. The van der Waals surface area contributed by atoms with Crippen LogP contribution in [0.4, 0.5) is 0 Å². The molecule has 0 unspecified atom stereocenters. The molecule has 0 aliphatic rings. The van der Waals surface area contributed by atoms with Crippen LogP contribution in [0.5, 0.6) is 11.5 Å². The molecule has 2 aromatic rings. The molecule has 0 heterocycles. The first-order valence-corrected chi connectivity index (χ1v) is 7.15. The van der Waals surface area contributed by atoms with Crippen LogP contribution in [0.25, 0.3) is 12.2 Å². The van der Waals surface area contributed by atoms with E-state index in [1.54, 1.807) is 12.2 Å². The lowest BCUT2D eigenvalue weighted by atomic mass is 10.1. The van der Waals surface area contributed by atoms with Crippen molar-refractivity contribution in [3.63, 3.8) is 0 Å². The fourth-order valence-electron chi connectivity index (χ4n) is 2.21. The van der Waals surface area contributed by atoms with Crippen molar-refractivity contribution >= 4 is 12.2 Å². The predicted octanol–water partition coefficient (Wildman–Crippen LogP) is 5.30. The molecule has 0 radical (unpaired) electrons. The summed E-state index contributed by atoms with van der Waals surface area (Å²) >= 11 is 0. The summed E-state index contributed by atoms with van der Waals surface area (Å²) in [6, 6.07) is 7.65. The molecule has 0 atom stereocenters. The van der Waals surface area contributed by atoms with E-state index in [2.05, 4.69) is 13.2 Å². The van der Waals surface area contributed by atoms with Crippen molar-refractivity contribution in [3.8, 4) is 11.5 Å². The number of hydrogen-bond donors (Lipinski definition) is 2. The third-order valence-electron chi connectivity index (χ3n) is 3.50. The summed E-state index contributed by atoms with van der Waals surface area (Å²) < 4.78 is 0. The van der Waals surface area contributed by atoms with Gasteiger partial charge in [0.25, 0.3) is 0 Å². The van der Waals surface area contributed by atoms with Gasteiger partial charge in [-0.1, -0.05) is 25.3 Å². The minimum atomic E-state index is 0.385. The van der Waals surface area contributed by atoms with E-state index in [9.17, 15) is 10.2 Å². The standard InChI is InChI=1S/2C10H12O/c2*1-4-9-5-7(2)10(11)8(3)6-9/h2*4-6,11H,1H2,2-3H3. The van der Waals surface area contributed by atoms with Gasteiger partial charge in [-0.2, -0.15) is 0 Å². The largest absolute Gasteiger partial charge is 0.507 e. The molecule has 2 heteroatoms. The second kappa shape index (κ2) is 7.51. The highest BCUT2D eigenvalue weighted by Crippen LogP contribution is 2.23. The van der Waals surface area contributed by atoms with Gasteiger partial charge < -0.3 is 10.2 Å². The molecule has 2 aromatic carbocycles. The van der Waals surface area contributed by atoms with Gasteiger partial charge >= 0.3 is 0 Å². The topological polar surface area (TPSA) is 40.5 Å². The molecule has 0 bridgehead atoms. The maximum absolute atomic E-state index is 9.39. The summed E-state index contributed by atoms with van der Waals surface area (Å²) in [4.78, 5) is 0. The predicted molar refractivity (Wildman–Crippen MR) is 95.3 cm³/mol. The Balaban J connectivity index is 0.000000220. The number of benzene rings is 2. The number of phenols is 2. The fourth-order valence-corrected chi connectivity index (χ4v) is 2.21. The Kier molecular flexibility index (Phi) is 6.00. The van der Waals surface area contributed by atoms with Crippen molar-refractivity contribution in [2.24, 2.45) is 0 Å². The van der Waals surface area contributed by atoms with Gasteiger partial charge in [-0.05, 0) is 85.3 Å². The first-order valence-electron chi connectivity index (χ1n) is 7.15. The zero-order chi connectivity index (χ0) is 16.9. The highest BCUT2D eigenvalue weighted by molar-refractivity contribution is 5.55. The van der Waals surface area contributed by atoms with E-state index in [1.165, 1.54) is 0 Å². The molecule has 0 fully saturated rings. The average Bonchev–Trinajstić information content (AvgIpc) is 2.49. The van der Waals surface area contributed by atoms with Crippen molar-refractivity contribution in [3.05, 3.63) is 70.8 Å². The molecule has 0 amide bonds. The van der Waals surface area contributed by atoms with Crippen LogP contribution in [0, 0.1) is 27.7 Å². The number of aryl methyl sites for hydroxylation is 4. The number of aromatic hydroxyl groups is 2. The second-order valence-electron chi connectivity index (χ2n) is 5.41. The van der Waals surface area contributed by atoms with Crippen molar-refractivity contribution in [1.29, 1.82) is 0 Å². The summed E-state index contributed by atoms with van der Waals surface area (Å²) in [6.45, 7) is 14.9. The number of phenolic OH excluding ortho intramolecular Hbond substituents is 2. The Hall–Kier alpha value is -2.48. The zero-order valence-corrected chi connectivity index (χ0v) is 13.8. The van der Waals surface area contributed by atoms with E-state index in [4.69, 9.17) is 0 Å². The van der Waals surface area contributed by atoms with Gasteiger partial charge in [0, 0.05) is 0 Å². The van der Waals surface area contributed by atoms with Crippen LogP contribution < -0.4 is 0 Å². The Bertz CT molecular complexity index is 589. The molecule has 0 spiro atoms. The molecule has 2 N–H and O–H groups in total. The van der Waals surface area contributed by atoms with Gasteiger partial charge in [0.05, 0.1) is 0 Å². The Morgan fingerprint density at radius 1 is 0.636 bits per heavy atom. The SMILES string of the molecule is C=Cc1cc(C)c(O)c(C)c1.C=Cc1cc(C)c(O)c(C)c1. The van der Waals surface area contributed by atoms with Crippen molar-refractivity contribution in [1.82, 2.24) is 0 Å². The molecule has 2 rings (SSSR count). The van der Waals surface area contributed by atoms with Crippen molar-refractivity contribution < 1.29 is 10.2 Å². The summed E-state index contributed by atoms with van der Waals surface area (Å²) in [6.07, 6.45) is 3.55. The normalized spacial score (nSPS) is 9.64. The zero-order valence-electron chi connectivity index (χ0n) is 13.8. The molecular formula is C20H24O2. The summed E-state index contributed by atoms with van der Waals surface area (Å²) in [5.41, 5.74) is 5.72. The molecule has 0 aliphatic carbocycles. The quantitative estimate of drug-likeness (QED) is 0.789. The lowest BCUT2D eigenvalue weighted by molar-refractivity contribution is 0.466. The maximum Gasteiger partial charge on any atom is 0.121 e. The first kappa shape index (κ1) is 17.6. The Morgan fingerprint density at radius 3 is 1.05 bits per heavy atom. The lowest BCUT2D eigenvalue weighted by Crippen LogP contribution is -1.82. The van der Waals surface area contributed by atoms with Gasteiger partial charge in [-0.25, -0.2) is 0 Å². The minimum absolute atomic E-state index is 0.385. The smallest absolute Gasteiger partial charge is 0.121 e. The number of rotatable bonds is 2. The van der Waals surface area contributed by atoms with Gasteiger partial charge in [0.15, 0.2) is 0 Å². The van der Waals surface area contributed by atoms with Crippen LogP contribution >= 0.6 is 0 Å². The monoisotopic (exact) mass is 296 g/mol. The van der Waals surface area contributed by atoms with Gasteiger partial charge in [-0.3, -0.25) is 0 Å². The molecular weight excluding hydrogens is 272 g/mol. The van der Waals surface area contributed by atoms with Crippen LogP contribution in [-0.2, 0) is 0 Å². The van der Waals surface area contributed by atoms with Gasteiger partial charge in [0.2, 0.25) is 0 Å². The molecule has 0 saturated heterocycles. The van der Waals surface area contributed by atoms with E-state index in [0.717, 1.165) is 33.4 Å². The summed E-state index contributed by atoms with van der Waals surface area (Å²) in [5, 5.41) is 18.8. The van der Waals surface area contributed by atoms with E-state index >= 15 is 0 Å². The molecule has 22 heavy (non-hydrogen) atoms. The van der Waals surface area contributed by atoms with Crippen LogP contribution in [-0.4, -0.2) is 10.2 Å². The van der Waals surface area contributed by atoms with E-state index in [0.29, 0.717) is 11.5 Å². The van der Waals surface area contributed by atoms with Crippen molar-refractivity contribution in [2.75, 3.05) is 0 Å². The average molecular weight is 296 g/mol. The van der Waals surface area contributed by atoms with Crippen LogP contribution in [0.15, 0.2) is 37.4 Å². The lowest BCUT2D eigenvalue weighted by Gasteiger charge is -2.03. The second-order valence-corrected chi connectivity index (χ2v) is 5.41. The van der Waals surface area contributed by atoms with E-state index in [1.807, 2.05) is 52.0 Å². The van der Waals surface area contributed by atoms with Gasteiger partial charge in [0.1, 0.15) is 11.5 Å². The van der Waals surface area contributed by atoms with Crippen LogP contribution in [0.3, 0.4) is 0 Å². The maximum atomic E-state index is 9.39. The molecule has 0 saturated carbocycles.